The number of rotatable bonds is 6. The molecule has 114 valence electrons. The first-order valence-electron chi connectivity index (χ1n) is 6.63. The first-order chi connectivity index (χ1) is 10.0. The number of unbranched alkanes of at least 4 members (excludes halogenated alkanes) is 1. The van der Waals surface area contributed by atoms with Crippen LogP contribution in [0.4, 0.5) is 0 Å². The van der Waals surface area contributed by atoms with Gasteiger partial charge in [0.05, 0.1) is 21.8 Å². The van der Waals surface area contributed by atoms with E-state index < -0.39 is 0 Å². The van der Waals surface area contributed by atoms with Crippen molar-refractivity contribution in [2.75, 3.05) is 6.54 Å². The van der Waals surface area contributed by atoms with Gasteiger partial charge in [-0.15, -0.1) is 0 Å². The second kappa shape index (κ2) is 7.09. The minimum absolute atomic E-state index is 0.357. The van der Waals surface area contributed by atoms with E-state index in [-0.39, 0.29) is 11.7 Å². The van der Waals surface area contributed by atoms with Gasteiger partial charge in [-0.3, -0.25) is 0 Å². The molecule has 8 heteroatoms. The summed E-state index contributed by atoms with van der Waals surface area (Å²) >= 11 is 11.9. The fraction of sp³-hybridized carbons (Fsp3) is 0.385. The van der Waals surface area contributed by atoms with Gasteiger partial charge in [0, 0.05) is 0 Å². The highest BCUT2D eigenvalue weighted by molar-refractivity contribution is 6.42. The SMILES string of the molecule is NCCCCC(N)c1n[nH]c(=O)n1-c1ccc(Cl)c(Cl)c1. The van der Waals surface area contributed by atoms with Crippen molar-refractivity contribution >= 4 is 23.2 Å². The molecule has 0 radical (unpaired) electrons. The van der Waals surface area contributed by atoms with Crippen LogP contribution < -0.4 is 17.2 Å². The van der Waals surface area contributed by atoms with E-state index in [1.165, 1.54) is 4.57 Å². The minimum atomic E-state index is -0.363. The molecule has 0 amide bonds. The zero-order valence-corrected chi connectivity index (χ0v) is 12.9. The van der Waals surface area contributed by atoms with Crippen LogP contribution >= 0.6 is 23.2 Å². The van der Waals surface area contributed by atoms with Crippen LogP contribution in [-0.4, -0.2) is 21.3 Å². The number of nitrogens with one attached hydrogen (secondary N) is 1. The van der Waals surface area contributed by atoms with Crippen molar-refractivity contribution in [3.63, 3.8) is 0 Å². The summed E-state index contributed by atoms with van der Waals surface area (Å²) in [7, 11) is 0. The molecule has 0 bridgehead atoms. The molecule has 2 rings (SSSR count). The third-order valence-electron chi connectivity index (χ3n) is 3.16. The van der Waals surface area contributed by atoms with Crippen LogP contribution in [0.3, 0.4) is 0 Å². The quantitative estimate of drug-likeness (QED) is 0.705. The van der Waals surface area contributed by atoms with E-state index >= 15 is 0 Å². The van der Waals surface area contributed by atoms with E-state index in [9.17, 15) is 4.79 Å². The number of aromatic nitrogens is 3. The molecule has 2 aromatic rings. The van der Waals surface area contributed by atoms with Crippen molar-refractivity contribution in [1.29, 1.82) is 0 Å². The highest BCUT2D eigenvalue weighted by atomic mass is 35.5. The van der Waals surface area contributed by atoms with Crippen LogP contribution in [0.25, 0.3) is 5.69 Å². The number of H-pyrrole nitrogens is 1. The molecule has 0 spiro atoms. The molecule has 0 aliphatic carbocycles. The van der Waals surface area contributed by atoms with Gasteiger partial charge >= 0.3 is 5.69 Å². The van der Waals surface area contributed by atoms with Gasteiger partial charge in [0.2, 0.25) is 0 Å². The highest BCUT2D eigenvalue weighted by Crippen LogP contribution is 2.25. The maximum Gasteiger partial charge on any atom is 0.347 e. The van der Waals surface area contributed by atoms with Crippen LogP contribution in [0.5, 0.6) is 0 Å². The second-order valence-electron chi connectivity index (χ2n) is 4.71. The van der Waals surface area contributed by atoms with Crippen molar-refractivity contribution < 1.29 is 0 Å². The van der Waals surface area contributed by atoms with E-state index in [1.54, 1.807) is 18.2 Å². The van der Waals surface area contributed by atoms with E-state index in [0.717, 1.165) is 12.8 Å². The third kappa shape index (κ3) is 3.65. The largest absolute Gasteiger partial charge is 0.347 e. The first-order valence-corrected chi connectivity index (χ1v) is 7.38. The summed E-state index contributed by atoms with van der Waals surface area (Å²) in [5, 5.41) is 7.22. The summed E-state index contributed by atoms with van der Waals surface area (Å²) in [6, 6.07) is 4.57. The first kappa shape index (κ1) is 16.0. The Kier molecular flexibility index (Phi) is 5.41. The van der Waals surface area contributed by atoms with Crippen molar-refractivity contribution in [3.8, 4) is 5.69 Å². The Morgan fingerprint density at radius 2 is 2.05 bits per heavy atom. The molecule has 1 unspecified atom stereocenters. The van der Waals surface area contributed by atoms with Crippen LogP contribution in [0.2, 0.25) is 10.0 Å². The molecule has 0 aliphatic rings. The van der Waals surface area contributed by atoms with Gasteiger partial charge in [-0.2, -0.15) is 5.10 Å². The molecule has 1 atom stereocenters. The molecule has 0 fully saturated rings. The Morgan fingerprint density at radius 3 is 2.71 bits per heavy atom. The standard InChI is InChI=1S/C13H17Cl2N5O/c14-9-5-4-8(7-10(9)15)20-12(18-19-13(20)21)11(17)3-1-2-6-16/h4-5,7,11H,1-3,6,16-17H2,(H,19,21). The number of hydrogen-bond acceptors (Lipinski definition) is 4. The van der Waals surface area contributed by atoms with Crippen molar-refractivity contribution in [2.24, 2.45) is 11.5 Å². The Balaban J connectivity index is 2.33. The summed E-state index contributed by atoms with van der Waals surface area (Å²) < 4.78 is 1.41. The average molecular weight is 330 g/mol. The maximum atomic E-state index is 12.0. The summed E-state index contributed by atoms with van der Waals surface area (Å²) in [5.41, 5.74) is 11.8. The lowest BCUT2D eigenvalue weighted by atomic mass is 10.1. The molecule has 0 aliphatic heterocycles. The van der Waals surface area contributed by atoms with Crippen molar-refractivity contribution in [2.45, 2.75) is 25.3 Å². The monoisotopic (exact) mass is 329 g/mol. The summed E-state index contributed by atoms with van der Waals surface area (Å²) in [6.07, 6.45) is 2.46. The van der Waals surface area contributed by atoms with Gasteiger partial charge in [-0.05, 0) is 37.6 Å². The molecule has 6 nitrogen and oxygen atoms in total. The molecular formula is C13H17Cl2N5O. The molecule has 1 heterocycles. The molecule has 1 aromatic carbocycles. The number of nitrogens with zero attached hydrogens (tertiary/aromatic N) is 2. The van der Waals surface area contributed by atoms with Crippen LogP contribution in [0.15, 0.2) is 23.0 Å². The van der Waals surface area contributed by atoms with Crippen molar-refractivity contribution in [1.82, 2.24) is 14.8 Å². The lowest BCUT2D eigenvalue weighted by molar-refractivity contribution is 0.557. The summed E-state index contributed by atoms with van der Waals surface area (Å²) in [6.45, 7) is 0.618. The van der Waals surface area contributed by atoms with E-state index in [2.05, 4.69) is 10.2 Å². The van der Waals surface area contributed by atoms with E-state index in [4.69, 9.17) is 34.7 Å². The Bertz CT molecular complexity index is 667. The molecule has 1 aromatic heterocycles. The predicted octanol–water partition coefficient (Wildman–Crippen LogP) is 2.00. The van der Waals surface area contributed by atoms with E-state index in [0.29, 0.717) is 34.5 Å². The van der Waals surface area contributed by atoms with Gasteiger partial charge in [0.15, 0.2) is 5.82 Å². The number of hydrogen-bond donors (Lipinski definition) is 3. The molecule has 5 N–H and O–H groups in total. The maximum absolute atomic E-state index is 12.0. The Hall–Kier alpha value is -1.34. The smallest absolute Gasteiger partial charge is 0.330 e. The zero-order valence-electron chi connectivity index (χ0n) is 11.4. The lowest BCUT2D eigenvalue weighted by Crippen LogP contribution is -2.22. The number of halogens is 2. The van der Waals surface area contributed by atoms with Gasteiger partial charge < -0.3 is 11.5 Å². The number of nitrogens with two attached hydrogens (primary N) is 2. The van der Waals surface area contributed by atoms with Crippen LogP contribution in [0.1, 0.15) is 31.1 Å². The molecule has 21 heavy (non-hydrogen) atoms. The lowest BCUT2D eigenvalue weighted by Gasteiger charge is -2.12. The van der Waals surface area contributed by atoms with Gasteiger partial charge in [0.1, 0.15) is 0 Å². The number of aromatic amines is 1. The van der Waals surface area contributed by atoms with Gasteiger partial charge in [0.25, 0.3) is 0 Å². The average Bonchev–Trinajstić information content (AvgIpc) is 2.84. The summed E-state index contributed by atoms with van der Waals surface area (Å²) in [4.78, 5) is 12.0. The summed E-state index contributed by atoms with van der Waals surface area (Å²) in [5.74, 6) is 0.468. The Morgan fingerprint density at radius 1 is 1.29 bits per heavy atom. The Labute approximate surface area is 132 Å². The van der Waals surface area contributed by atoms with Crippen molar-refractivity contribution in [3.05, 3.63) is 44.6 Å². The second-order valence-corrected chi connectivity index (χ2v) is 5.53. The van der Waals surface area contributed by atoms with E-state index in [1.807, 2.05) is 0 Å². The molecule has 0 saturated heterocycles. The van der Waals surface area contributed by atoms with Gasteiger partial charge in [-0.25, -0.2) is 14.5 Å². The van der Waals surface area contributed by atoms with Crippen LogP contribution in [0, 0.1) is 0 Å². The molecule has 0 saturated carbocycles. The minimum Gasteiger partial charge on any atom is -0.330 e. The predicted molar refractivity (Wildman–Crippen MR) is 84.0 cm³/mol. The normalized spacial score (nSPS) is 12.6. The number of benzene rings is 1. The fourth-order valence-electron chi connectivity index (χ4n) is 2.07. The zero-order chi connectivity index (χ0) is 15.4. The highest BCUT2D eigenvalue weighted by Gasteiger charge is 2.17. The third-order valence-corrected chi connectivity index (χ3v) is 3.90. The molecular weight excluding hydrogens is 313 g/mol. The fourth-order valence-corrected chi connectivity index (χ4v) is 2.36. The van der Waals surface area contributed by atoms with Gasteiger partial charge in [-0.1, -0.05) is 29.6 Å². The topological polar surface area (TPSA) is 103 Å². The van der Waals surface area contributed by atoms with Crippen LogP contribution in [-0.2, 0) is 0 Å².